The van der Waals surface area contributed by atoms with Crippen LogP contribution in [0.3, 0.4) is 0 Å². The summed E-state index contributed by atoms with van der Waals surface area (Å²) in [5, 5.41) is 15.3. The van der Waals surface area contributed by atoms with E-state index in [4.69, 9.17) is 13.8 Å². The Morgan fingerprint density at radius 2 is 1.74 bits per heavy atom. The largest absolute Gasteiger partial charge is 0.465 e. The molecule has 0 spiro atoms. The molecule has 2 saturated heterocycles. The number of hydrogen-bond acceptors (Lipinski definition) is 10. The zero-order chi connectivity index (χ0) is 30.1. The number of nitrogens with one attached hydrogen (secondary N) is 2. The van der Waals surface area contributed by atoms with Crippen molar-refractivity contribution in [2.24, 2.45) is 0 Å². The van der Waals surface area contributed by atoms with Gasteiger partial charge in [0.15, 0.2) is 5.82 Å². The molecule has 2 aromatic rings. The molecule has 1 aromatic heterocycles. The van der Waals surface area contributed by atoms with Gasteiger partial charge in [0, 0.05) is 44.4 Å². The van der Waals surface area contributed by atoms with Crippen LogP contribution in [0.15, 0.2) is 36.4 Å². The summed E-state index contributed by atoms with van der Waals surface area (Å²) in [6.45, 7) is 5.05. The van der Waals surface area contributed by atoms with Crippen molar-refractivity contribution in [1.82, 2.24) is 25.1 Å². The van der Waals surface area contributed by atoms with Gasteiger partial charge in [-0.15, -0.1) is 0 Å². The average Bonchev–Trinajstić information content (AvgIpc) is 3.50. The van der Waals surface area contributed by atoms with E-state index >= 15 is 0 Å². The van der Waals surface area contributed by atoms with Crippen LogP contribution in [0.5, 0.6) is 0 Å². The lowest BCUT2D eigenvalue weighted by Crippen LogP contribution is -2.56. The van der Waals surface area contributed by atoms with Crippen LogP contribution in [0.2, 0.25) is 0 Å². The van der Waals surface area contributed by atoms with Crippen molar-refractivity contribution < 1.29 is 37.8 Å². The van der Waals surface area contributed by atoms with E-state index in [2.05, 4.69) is 20.6 Å². The highest BCUT2D eigenvalue weighted by Gasteiger charge is 2.37. The van der Waals surface area contributed by atoms with E-state index in [1.165, 1.54) is 15.9 Å². The lowest BCUT2D eigenvalue weighted by molar-refractivity contribution is -0.134. The summed E-state index contributed by atoms with van der Waals surface area (Å²) >= 11 is 0. The monoisotopic (exact) mass is 604 g/mol. The van der Waals surface area contributed by atoms with E-state index in [9.17, 15) is 24.1 Å². The Morgan fingerprint density at radius 1 is 1.07 bits per heavy atom. The van der Waals surface area contributed by atoms with Crippen molar-refractivity contribution in [3.05, 3.63) is 42.1 Å². The van der Waals surface area contributed by atoms with Gasteiger partial charge in [-0.3, -0.25) is 14.2 Å². The van der Waals surface area contributed by atoms with Gasteiger partial charge >= 0.3 is 13.7 Å². The third-order valence-electron chi connectivity index (χ3n) is 6.80. The SMILES string of the molecule is CCOP(=O)(C[C@H](NC(=O)c1cc(N[C@@H]2CCOC2)nc(-c2ccccc2)n1)C(=O)N1CCN(C(=O)O)CC1)OCC. The Labute approximate surface area is 244 Å². The minimum absolute atomic E-state index is 0.00131. The number of piperazine rings is 1. The van der Waals surface area contributed by atoms with Gasteiger partial charge in [-0.2, -0.15) is 0 Å². The van der Waals surface area contributed by atoms with Crippen LogP contribution >= 0.6 is 7.60 Å². The molecular weight excluding hydrogens is 567 g/mol. The molecule has 2 fully saturated rings. The highest BCUT2D eigenvalue weighted by Crippen LogP contribution is 2.48. The second-order valence-electron chi connectivity index (χ2n) is 9.78. The summed E-state index contributed by atoms with van der Waals surface area (Å²) in [7, 11) is -3.77. The molecule has 2 aliphatic rings. The maximum Gasteiger partial charge on any atom is 0.407 e. The van der Waals surface area contributed by atoms with E-state index < -0.39 is 37.7 Å². The molecule has 0 unspecified atom stereocenters. The smallest absolute Gasteiger partial charge is 0.407 e. The molecule has 3 heterocycles. The summed E-state index contributed by atoms with van der Waals surface area (Å²) in [5.41, 5.74) is 0.695. The Bertz CT molecular complexity index is 1270. The molecular formula is C27H37N6O8P. The van der Waals surface area contributed by atoms with Gasteiger partial charge < -0.3 is 39.3 Å². The number of nitrogens with zero attached hydrogens (tertiary/aromatic N) is 4. The fourth-order valence-electron chi connectivity index (χ4n) is 4.73. The number of carbonyl (C=O) groups is 3. The normalized spacial score (nSPS) is 18.0. The van der Waals surface area contributed by atoms with Crippen LogP contribution < -0.4 is 10.6 Å². The molecule has 0 saturated carbocycles. The lowest BCUT2D eigenvalue weighted by Gasteiger charge is -2.35. The molecule has 0 bridgehead atoms. The van der Waals surface area contributed by atoms with Crippen LogP contribution in [-0.2, 0) is 23.1 Å². The maximum atomic E-state index is 13.7. The molecule has 3 amide bonds. The molecule has 1 aromatic carbocycles. The minimum Gasteiger partial charge on any atom is -0.465 e. The van der Waals surface area contributed by atoms with Crippen LogP contribution in [0, 0.1) is 0 Å². The quantitative estimate of drug-likeness (QED) is 0.304. The average molecular weight is 605 g/mol. The minimum atomic E-state index is -3.77. The van der Waals surface area contributed by atoms with Gasteiger partial charge in [0.05, 0.1) is 32.0 Å². The molecule has 2 atom stereocenters. The molecule has 4 rings (SSSR count). The van der Waals surface area contributed by atoms with E-state index in [0.29, 0.717) is 30.4 Å². The summed E-state index contributed by atoms with van der Waals surface area (Å²) in [6.07, 6.45) is -0.697. The van der Waals surface area contributed by atoms with Crippen LogP contribution in [-0.4, -0.2) is 114 Å². The first-order chi connectivity index (χ1) is 20.2. The van der Waals surface area contributed by atoms with Crippen molar-refractivity contribution in [3.63, 3.8) is 0 Å². The number of carboxylic acid groups (broad SMARTS) is 1. The summed E-state index contributed by atoms with van der Waals surface area (Å²) in [6, 6.07) is 9.40. The summed E-state index contributed by atoms with van der Waals surface area (Å²) < 4.78 is 29.8. The van der Waals surface area contributed by atoms with E-state index in [1.807, 2.05) is 30.3 Å². The zero-order valence-electron chi connectivity index (χ0n) is 23.7. The maximum absolute atomic E-state index is 13.7. The Kier molecular flexibility index (Phi) is 10.9. The number of aromatic nitrogens is 2. The van der Waals surface area contributed by atoms with Gasteiger partial charge in [-0.05, 0) is 20.3 Å². The predicted molar refractivity (Wildman–Crippen MR) is 153 cm³/mol. The Balaban J connectivity index is 1.62. The van der Waals surface area contributed by atoms with Crippen molar-refractivity contribution >= 4 is 31.3 Å². The van der Waals surface area contributed by atoms with Crippen LogP contribution in [0.25, 0.3) is 11.4 Å². The number of carbonyl (C=O) groups excluding carboxylic acids is 2. The topological polar surface area (TPSA) is 173 Å². The molecule has 3 N–H and O–H groups in total. The van der Waals surface area contributed by atoms with Gasteiger partial charge in [0.1, 0.15) is 17.6 Å². The first-order valence-electron chi connectivity index (χ1n) is 14.0. The predicted octanol–water partition coefficient (Wildman–Crippen LogP) is 2.53. The molecule has 0 radical (unpaired) electrons. The fraction of sp³-hybridized carbons (Fsp3) is 0.519. The van der Waals surface area contributed by atoms with Crippen LogP contribution in [0.1, 0.15) is 30.8 Å². The molecule has 228 valence electrons. The van der Waals surface area contributed by atoms with Gasteiger partial charge in [-0.1, -0.05) is 30.3 Å². The van der Waals surface area contributed by atoms with E-state index in [0.717, 1.165) is 6.42 Å². The number of anilines is 1. The first-order valence-corrected chi connectivity index (χ1v) is 15.7. The second kappa shape index (κ2) is 14.5. The van der Waals surface area contributed by atoms with Gasteiger partial charge in [-0.25, -0.2) is 14.8 Å². The number of rotatable bonds is 12. The molecule has 2 aliphatic heterocycles. The van der Waals surface area contributed by atoms with Gasteiger partial charge in [0.2, 0.25) is 5.91 Å². The summed E-state index contributed by atoms with van der Waals surface area (Å²) in [5.74, 6) is -0.465. The molecule has 14 nitrogen and oxygen atoms in total. The first kappa shape index (κ1) is 31.4. The number of hydrogen-bond donors (Lipinski definition) is 3. The van der Waals surface area contributed by atoms with Crippen molar-refractivity contribution in [3.8, 4) is 11.4 Å². The van der Waals surface area contributed by atoms with Crippen LogP contribution in [0.4, 0.5) is 10.6 Å². The van der Waals surface area contributed by atoms with Crippen molar-refractivity contribution in [2.45, 2.75) is 32.4 Å². The number of ether oxygens (including phenoxy) is 1. The third kappa shape index (κ3) is 8.25. The van der Waals surface area contributed by atoms with Crippen molar-refractivity contribution in [1.29, 1.82) is 0 Å². The van der Waals surface area contributed by atoms with Crippen molar-refractivity contribution in [2.75, 3.05) is 64.1 Å². The Morgan fingerprint density at radius 3 is 2.33 bits per heavy atom. The van der Waals surface area contributed by atoms with E-state index in [1.54, 1.807) is 13.8 Å². The summed E-state index contributed by atoms with van der Waals surface area (Å²) in [4.78, 5) is 50.4. The Hall–Kier alpha value is -3.58. The molecule has 15 heteroatoms. The van der Waals surface area contributed by atoms with Gasteiger partial charge in [0.25, 0.3) is 5.91 Å². The fourth-order valence-corrected chi connectivity index (χ4v) is 6.49. The highest BCUT2D eigenvalue weighted by molar-refractivity contribution is 7.54. The lowest BCUT2D eigenvalue weighted by atomic mass is 10.2. The van der Waals surface area contributed by atoms with E-state index in [-0.39, 0.29) is 51.1 Å². The molecule has 42 heavy (non-hydrogen) atoms. The second-order valence-corrected chi connectivity index (χ2v) is 11.9. The zero-order valence-corrected chi connectivity index (χ0v) is 24.6. The molecule has 0 aliphatic carbocycles. The highest BCUT2D eigenvalue weighted by atomic mass is 31.2. The third-order valence-corrected chi connectivity index (χ3v) is 8.91. The standard InChI is InChI=1S/C27H37N6O8P/c1-3-40-42(38,41-4-2)18-22(26(35)32-11-13-33(14-12-32)27(36)37)30-25(34)21-16-23(28-20-10-15-39-17-20)31-24(29-21)19-8-6-5-7-9-19/h5-9,16,20,22H,3-4,10-15,17-18H2,1-2H3,(H,30,34)(H,36,37)(H,28,29,31)/t20-,22+/m1/s1. The number of benzene rings is 1. The number of amides is 3.